The third-order valence-corrected chi connectivity index (χ3v) is 3.86. The Morgan fingerprint density at radius 1 is 1.18 bits per heavy atom. The molecule has 3 rings (SSSR count). The summed E-state index contributed by atoms with van der Waals surface area (Å²) < 4.78 is 0. The molecule has 5 nitrogen and oxygen atoms in total. The minimum absolute atomic E-state index is 0.0701. The van der Waals surface area contributed by atoms with Gasteiger partial charge in [-0.1, -0.05) is 24.3 Å². The van der Waals surface area contributed by atoms with E-state index in [2.05, 4.69) is 27.3 Å². The topological polar surface area (TPSA) is 65.5 Å². The first-order chi connectivity index (χ1) is 10.7. The fraction of sp³-hybridized carbons (Fsp3) is 0.294. The maximum Gasteiger partial charge on any atom is 0.354 e. The van der Waals surface area contributed by atoms with Crippen molar-refractivity contribution >= 4 is 17.5 Å². The van der Waals surface area contributed by atoms with Gasteiger partial charge in [-0.25, -0.2) is 9.78 Å². The first-order valence-corrected chi connectivity index (χ1v) is 7.49. The van der Waals surface area contributed by atoms with Crippen LogP contribution in [0.15, 0.2) is 48.5 Å². The van der Waals surface area contributed by atoms with E-state index in [1.807, 2.05) is 24.3 Å². The van der Waals surface area contributed by atoms with Crippen LogP contribution in [0.4, 0.5) is 11.5 Å². The molecule has 0 saturated carbocycles. The van der Waals surface area contributed by atoms with Crippen molar-refractivity contribution in [2.24, 2.45) is 0 Å². The van der Waals surface area contributed by atoms with Gasteiger partial charge in [0.15, 0.2) is 5.69 Å². The molecule has 1 fully saturated rings. The summed E-state index contributed by atoms with van der Waals surface area (Å²) in [7, 11) is 0. The van der Waals surface area contributed by atoms with Crippen molar-refractivity contribution in [2.45, 2.75) is 18.9 Å². The molecule has 114 valence electrons. The zero-order valence-corrected chi connectivity index (χ0v) is 12.3. The minimum atomic E-state index is -1.00. The number of benzene rings is 1. The normalized spacial score (nSPS) is 18.0. The smallest absolute Gasteiger partial charge is 0.354 e. The number of para-hydroxylation sites is 1. The van der Waals surface area contributed by atoms with Gasteiger partial charge >= 0.3 is 5.97 Å². The zero-order valence-electron chi connectivity index (χ0n) is 12.3. The highest BCUT2D eigenvalue weighted by atomic mass is 16.4. The van der Waals surface area contributed by atoms with Crippen molar-refractivity contribution in [3.05, 3.63) is 54.2 Å². The van der Waals surface area contributed by atoms with Crippen molar-refractivity contribution in [3.8, 4) is 0 Å². The second-order valence-corrected chi connectivity index (χ2v) is 5.48. The van der Waals surface area contributed by atoms with Crippen LogP contribution in [0, 0.1) is 0 Å². The molecule has 1 saturated heterocycles. The molecule has 1 aromatic heterocycles. The second kappa shape index (κ2) is 6.47. The van der Waals surface area contributed by atoms with Gasteiger partial charge in [0.2, 0.25) is 0 Å². The van der Waals surface area contributed by atoms with Crippen molar-refractivity contribution in [1.82, 2.24) is 4.98 Å². The number of hydrogen-bond donors (Lipinski definition) is 2. The van der Waals surface area contributed by atoms with E-state index < -0.39 is 5.97 Å². The zero-order chi connectivity index (χ0) is 15.4. The standard InChI is InChI=1S/C17H19N3O2/c21-17(22)15-9-4-10-16(19-15)18-13-6-5-11-20(12-13)14-7-2-1-3-8-14/h1-4,7-10,13H,5-6,11-12H2,(H,18,19)(H,21,22). The molecule has 2 N–H and O–H groups in total. The van der Waals surface area contributed by atoms with Crippen LogP contribution in [-0.2, 0) is 0 Å². The number of carboxylic acid groups (broad SMARTS) is 1. The number of carboxylic acids is 1. The Morgan fingerprint density at radius 2 is 2.00 bits per heavy atom. The lowest BCUT2D eigenvalue weighted by Gasteiger charge is -2.35. The molecule has 5 heteroatoms. The number of carbonyl (C=O) groups is 1. The molecule has 0 spiro atoms. The van der Waals surface area contributed by atoms with Crippen LogP contribution in [-0.4, -0.2) is 35.2 Å². The monoisotopic (exact) mass is 297 g/mol. The van der Waals surface area contributed by atoms with Crippen LogP contribution in [0.2, 0.25) is 0 Å². The van der Waals surface area contributed by atoms with E-state index >= 15 is 0 Å². The minimum Gasteiger partial charge on any atom is -0.477 e. The predicted octanol–water partition coefficient (Wildman–Crippen LogP) is 2.86. The number of aromatic carboxylic acids is 1. The van der Waals surface area contributed by atoms with Gasteiger partial charge in [0.25, 0.3) is 0 Å². The lowest BCUT2D eigenvalue weighted by molar-refractivity contribution is 0.0690. The summed E-state index contributed by atoms with van der Waals surface area (Å²) in [5.74, 6) is -0.377. The summed E-state index contributed by atoms with van der Waals surface area (Å²) in [4.78, 5) is 17.5. The van der Waals surface area contributed by atoms with Crippen molar-refractivity contribution in [3.63, 3.8) is 0 Å². The van der Waals surface area contributed by atoms with E-state index in [0.29, 0.717) is 5.82 Å². The average Bonchev–Trinajstić information content (AvgIpc) is 2.56. The maximum atomic E-state index is 11.0. The molecular weight excluding hydrogens is 278 g/mol. The van der Waals surface area contributed by atoms with Crippen LogP contribution in [0.1, 0.15) is 23.3 Å². The van der Waals surface area contributed by atoms with E-state index in [4.69, 9.17) is 5.11 Å². The Labute approximate surface area is 129 Å². The lowest BCUT2D eigenvalue weighted by atomic mass is 10.0. The molecule has 1 aliphatic rings. The van der Waals surface area contributed by atoms with Gasteiger partial charge in [-0.3, -0.25) is 0 Å². The summed E-state index contributed by atoms with van der Waals surface area (Å²) in [6, 6.07) is 15.6. The van der Waals surface area contributed by atoms with Gasteiger partial charge < -0.3 is 15.3 Å². The van der Waals surface area contributed by atoms with Crippen molar-refractivity contribution < 1.29 is 9.90 Å². The second-order valence-electron chi connectivity index (χ2n) is 5.48. The van der Waals surface area contributed by atoms with E-state index in [-0.39, 0.29) is 11.7 Å². The Morgan fingerprint density at radius 3 is 2.77 bits per heavy atom. The summed E-state index contributed by atoms with van der Waals surface area (Å²) in [5.41, 5.74) is 1.29. The summed E-state index contributed by atoms with van der Waals surface area (Å²) >= 11 is 0. The summed E-state index contributed by atoms with van der Waals surface area (Å²) in [5, 5.41) is 12.4. The van der Waals surface area contributed by atoms with Gasteiger partial charge in [-0.05, 0) is 37.1 Å². The van der Waals surface area contributed by atoms with Crippen LogP contribution in [0.25, 0.3) is 0 Å². The molecule has 0 amide bonds. The molecule has 0 radical (unpaired) electrons. The number of hydrogen-bond acceptors (Lipinski definition) is 4. The SMILES string of the molecule is O=C(O)c1cccc(NC2CCCN(c3ccccc3)C2)n1. The number of aromatic nitrogens is 1. The lowest BCUT2D eigenvalue weighted by Crippen LogP contribution is -2.42. The number of nitrogens with zero attached hydrogens (tertiary/aromatic N) is 2. The van der Waals surface area contributed by atoms with E-state index in [1.165, 1.54) is 11.8 Å². The van der Waals surface area contributed by atoms with Crippen LogP contribution in [0.3, 0.4) is 0 Å². The molecule has 22 heavy (non-hydrogen) atoms. The number of anilines is 2. The highest BCUT2D eigenvalue weighted by Crippen LogP contribution is 2.21. The fourth-order valence-corrected chi connectivity index (χ4v) is 2.81. The third-order valence-electron chi connectivity index (χ3n) is 3.86. The number of rotatable bonds is 4. The van der Waals surface area contributed by atoms with Gasteiger partial charge in [0.1, 0.15) is 5.82 Å². The Hall–Kier alpha value is -2.56. The number of piperidine rings is 1. The molecular formula is C17H19N3O2. The van der Waals surface area contributed by atoms with Gasteiger partial charge in [0.05, 0.1) is 0 Å². The third kappa shape index (κ3) is 3.36. The fourth-order valence-electron chi connectivity index (χ4n) is 2.81. The highest BCUT2D eigenvalue weighted by molar-refractivity contribution is 5.85. The quantitative estimate of drug-likeness (QED) is 0.908. The number of pyridine rings is 1. The van der Waals surface area contributed by atoms with Gasteiger partial charge in [-0.2, -0.15) is 0 Å². The predicted molar refractivity (Wildman–Crippen MR) is 86.5 cm³/mol. The van der Waals surface area contributed by atoms with Crippen LogP contribution >= 0.6 is 0 Å². The Bertz CT molecular complexity index is 645. The largest absolute Gasteiger partial charge is 0.477 e. The van der Waals surface area contributed by atoms with Crippen molar-refractivity contribution in [1.29, 1.82) is 0 Å². The van der Waals surface area contributed by atoms with Crippen LogP contribution < -0.4 is 10.2 Å². The molecule has 1 unspecified atom stereocenters. The first kappa shape index (κ1) is 14.4. The molecule has 1 aliphatic heterocycles. The number of nitrogens with one attached hydrogen (secondary N) is 1. The molecule has 2 heterocycles. The molecule has 0 aliphatic carbocycles. The molecule has 1 aromatic carbocycles. The van der Waals surface area contributed by atoms with E-state index in [1.54, 1.807) is 6.07 Å². The summed E-state index contributed by atoms with van der Waals surface area (Å²) in [6.07, 6.45) is 2.16. The van der Waals surface area contributed by atoms with E-state index in [9.17, 15) is 4.79 Å². The first-order valence-electron chi connectivity index (χ1n) is 7.49. The van der Waals surface area contributed by atoms with Gasteiger partial charge in [-0.15, -0.1) is 0 Å². The molecule has 1 atom stereocenters. The van der Waals surface area contributed by atoms with E-state index in [0.717, 1.165) is 25.9 Å². The summed E-state index contributed by atoms with van der Waals surface area (Å²) in [6.45, 7) is 1.94. The molecule has 2 aromatic rings. The van der Waals surface area contributed by atoms with Gasteiger partial charge in [0, 0.05) is 24.8 Å². The molecule has 0 bridgehead atoms. The highest BCUT2D eigenvalue weighted by Gasteiger charge is 2.20. The van der Waals surface area contributed by atoms with Crippen LogP contribution in [0.5, 0.6) is 0 Å². The van der Waals surface area contributed by atoms with Crippen molar-refractivity contribution in [2.75, 3.05) is 23.3 Å². The average molecular weight is 297 g/mol. The Kier molecular flexibility index (Phi) is 4.23. The Balaban J connectivity index is 1.68. The maximum absolute atomic E-state index is 11.0.